The van der Waals surface area contributed by atoms with Crippen LogP contribution in [-0.2, 0) is 9.53 Å². The van der Waals surface area contributed by atoms with E-state index >= 15 is 0 Å². The average molecular weight is 202 g/mol. The molecule has 14 heavy (non-hydrogen) atoms. The fourth-order valence-corrected chi connectivity index (χ4v) is 0.968. The lowest BCUT2D eigenvalue weighted by molar-refractivity contribution is -0.121. The van der Waals surface area contributed by atoms with Gasteiger partial charge in [-0.3, -0.25) is 4.79 Å². The number of hydrogen-bond donors (Lipinski definition) is 2. The van der Waals surface area contributed by atoms with Gasteiger partial charge >= 0.3 is 0 Å². The first kappa shape index (κ1) is 13.4. The van der Waals surface area contributed by atoms with Gasteiger partial charge in [-0.15, -0.1) is 0 Å². The first-order valence-corrected chi connectivity index (χ1v) is 5.00. The van der Waals surface area contributed by atoms with Gasteiger partial charge in [-0.05, 0) is 26.7 Å². The van der Waals surface area contributed by atoms with E-state index in [1.165, 1.54) is 0 Å². The van der Waals surface area contributed by atoms with Gasteiger partial charge in [0.25, 0.3) is 0 Å². The second-order valence-corrected chi connectivity index (χ2v) is 4.18. The van der Waals surface area contributed by atoms with Crippen molar-refractivity contribution in [2.24, 2.45) is 5.73 Å². The van der Waals surface area contributed by atoms with Crippen molar-refractivity contribution in [3.8, 4) is 0 Å². The van der Waals surface area contributed by atoms with E-state index in [9.17, 15) is 4.79 Å². The number of carbonyl (C=O) groups excluding carboxylic acids is 1. The zero-order chi connectivity index (χ0) is 11.0. The molecule has 0 aliphatic heterocycles. The average Bonchev–Trinajstić information content (AvgIpc) is 2.08. The summed E-state index contributed by atoms with van der Waals surface area (Å²) in [6.45, 7) is 5.21. The topological polar surface area (TPSA) is 64.3 Å². The highest BCUT2D eigenvalue weighted by atomic mass is 16.5. The van der Waals surface area contributed by atoms with Gasteiger partial charge in [0.15, 0.2) is 0 Å². The molecule has 0 aliphatic rings. The van der Waals surface area contributed by atoms with Crippen molar-refractivity contribution in [3.05, 3.63) is 0 Å². The Morgan fingerprint density at radius 2 is 2.14 bits per heavy atom. The van der Waals surface area contributed by atoms with Gasteiger partial charge in [-0.1, -0.05) is 0 Å². The maximum absolute atomic E-state index is 11.2. The van der Waals surface area contributed by atoms with E-state index in [0.717, 1.165) is 6.42 Å². The number of rotatable bonds is 7. The number of ether oxygens (including phenoxy) is 1. The first-order chi connectivity index (χ1) is 6.45. The largest absolute Gasteiger partial charge is 0.385 e. The molecule has 0 saturated heterocycles. The predicted molar refractivity (Wildman–Crippen MR) is 57.0 cm³/mol. The number of methoxy groups -OCH3 is 1. The van der Waals surface area contributed by atoms with Crippen LogP contribution in [0.2, 0.25) is 0 Å². The SMILES string of the molecule is COCCCNC(=O)CCC(C)(C)N. The van der Waals surface area contributed by atoms with Crippen LogP contribution in [0.5, 0.6) is 0 Å². The van der Waals surface area contributed by atoms with Crippen LogP contribution < -0.4 is 11.1 Å². The van der Waals surface area contributed by atoms with Crippen LogP contribution in [0.15, 0.2) is 0 Å². The van der Waals surface area contributed by atoms with E-state index in [2.05, 4.69) is 5.32 Å². The van der Waals surface area contributed by atoms with E-state index in [4.69, 9.17) is 10.5 Å². The fraction of sp³-hybridized carbons (Fsp3) is 0.900. The Morgan fingerprint density at radius 3 is 2.64 bits per heavy atom. The van der Waals surface area contributed by atoms with Crippen LogP contribution in [0.25, 0.3) is 0 Å². The van der Waals surface area contributed by atoms with Gasteiger partial charge in [0.05, 0.1) is 0 Å². The summed E-state index contributed by atoms with van der Waals surface area (Å²) in [5.41, 5.74) is 5.50. The van der Waals surface area contributed by atoms with Gasteiger partial charge in [-0.25, -0.2) is 0 Å². The molecule has 0 aromatic heterocycles. The zero-order valence-electron chi connectivity index (χ0n) is 9.43. The summed E-state index contributed by atoms with van der Waals surface area (Å²) < 4.78 is 4.87. The van der Waals surface area contributed by atoms with Crippen LogP contribution in [0.4, 0.5) is 0 Å². The molecule has 4 heteroatoms. The van der Waals surface area contributed by atoms with Crippen molar-refractivity contribution in [1.29, 1.82) is 0 Å². The standard InChI is InChI=1S/C10H22N2O2/c1-10(2,11)6-5-9(13)12-7-4-8-14-3/h4-8,11H2,1-3H3,(H,12,13). The number of carbonyl (C=O) groups is 1. The lowest BCUT2D eigenvalue weighted by Crippen LogP contribution is -2.34. The van der Waals surface area contributed by atoms with Gasteiger partial charge in [0.1, 0.15) is 0 Å². The predicted octanol–water partition coefficient (Wildman–Crippen LogP) is 0.657. The van der Waals surface area contributed by atoms with Crippen LogP contribution in [0.1, 0.15) is 33.1 Å². The smallest absolute Gasteiger partial charge is 0.220 e. The van der Waals surface area contributed by atoms with Gasteiger partial charge in [0, 0.05) is 32.2 Å². The highest BCUT2D eigenvalue weighted by molar-refractivity contribution is 5.75. The second kappa shape index (κ2) is 6.79. The molecule has 0 atom stereocenters. The Kier molecular flexibility index (Phi) is 6.49. The van der Waals surface area contributed by atoms with E-state index in [1.54, 1.807) is 7.11 Å². The Hall–Kier alpha value is -0.610. The third-order valence-electron chi connectivity index (χ3n) is 1.84. The summed E-state index contributed by atoms with van der Waals surface area (Å²) in [4.78, 5) is 11.2. The highest BCUT2D eigenvalue weighted by Gasteiger charge is 2.12. The first-order valence-electron chi connectivity index (χ1n) is 5.00. The van der Waals surface area contributed by atoms with Gasteiger partial charge in [0.2, 0.25) is 5.91 Å². The van der Waals surface area contributed by atoms with Crippen molar-refractivity contribution in [2.75, 3.05) is 20.3 Å². The van der Waals surface area contributed by atoms with Gasteiger partial charge in [-0.2, -0.15) is 0 Å². The molecule has 0 aromatic rings. The maximum Gasteiger partial charge on any atom is 0.220 e. The molecule has 0 fully saturated rings. The molecule has 0 aromatic carbocycles. The summed E-state index contributed by atoms with van der Waals surface area (Å²) in [6.07, 6.45) is 2.06. The quantitative estimate of drug-likeness (QED) is 0.596. The maximum atomic E-state index is 11.2. The van der Waals surface area contributed by atoms with Crippen LogP contribution in [-0.4, -0.2) is 31.7 Å². The minimum atomic E-state index is -0.260. The van der Waals surface area contributed by atoms with Crippen molar-refractivity contribution in [1.82, 2.24) is 5.32 Å². The van der Waals surface area contributed by atoms with E-state index in [0.29, 0.717) is 26.0 Å². The number of amides is 1. The molecule has 0 spiro atoms. The fourth-order valence-electron chi connectivity index (χ4n) is 0.968. The van der Waals surface area contributed by atoms with Crippen molar-refractivity contribution < 1.29 is 9.53 Å². The third-order valence-corrected chi connectivity index (χ3v) is 1.84. The molecule has 0 bridgehead atoms. The van der Waals surface area contributed by atoms with Crippen LogP contribution >= 0.6 is 0 Å². The molecule has 0 rings (SSSR count). The Labute approximate surface area is 86.2 Å². The lowest BCUT2D eigenvalue weighted by Gasteiger charge is -2.17. The summed E-state index contributed by atoms with van der Waals surface area (Å²) in [5, 5.41) is 2.82. The molecule has 0 aliphatic carbocycles. The molecule has 3 N–H and O–H groups in total. The lowest BCUT2D eigenvalue weighted by atomic mass is 10.00. The molecule has 0 radical (unpaired) electrons. The van der Waals surface area contributed by atoms with E-state index in [1.807, 2.05) is 13.8 Å². The molecule has 0 heterocycles. The normalized spacial score (nSPS) is 11.4. The Morgan fingerprint density at radius 1 is 1.50 bits per heavy atom. The zero-order valence-corrected chi connectivity index (χ0v) is 9.43. The second-order valence-electron chi connectivity index (χ2n) is 4.18. The van der Waals surface area contributed by atoms with Crippen LogP contribution in [0.3, 0.4) is 0 Å². The molecular formula is C10H22N2O2. The van der Waals surface area contributed by atoms with E-state index in [-0.39, 0.29) is 11.4 Å². The van der Waals surface area contributed by atoms with E-state index < -0.39 is 0 Å². The number of nitrogens with two attached hydrogens (primary N) is 1. The molecule has 1 amide bonds. The molecule has 4 nitrogen and oxygen atoms in total. The summed E-state index contributed by atoms with van der Waals surface area (Å²) in [7, 11) is 1.65. The van der Waals surface area contributed by atoms with Crippen LogP contribution in [0, 0.1) is 0 Å². The Balaban J connectivity index is 3.38. The molecular weight excluding hydrogens is 180 g/mol. The Bertz CT molecular complexity index is 164. The number of hydrogen-bond acceptors (Lipinski definition) is 3. The monoisotopic (exact) mass is 202 g/mol. The molecule has 0 saturated carbocycles. The van der Waals surface area contributed by atoms with Crippen molar-refractivity contribution >= 4 is 5.91 Å². The van der Waals surface area contributed by atoms with Crippen molar-refractivity contribution in [3.63, 3.8) is 0 Å². The minimum Gasteiger partial charge on any atom is -0.385 e. The molecule has 0 unspecified atom stereocenters. The summed E-state index contributed by atoms with van der Waals surface area (Å²) >= 11 is 0. The third kappa shape index (κ3) is 9.48. The van der Waals surface area contributed by atoms with Crippen molar-refractivity contribution in [2.45, 2.75) is 38.6 Å². The summed E-state index contributed by atoms with van der Waals surface area (Å²) in [5.74, 6) is 0.0691. The summed E-state index contributed by atoms with van der Waals surface area (Å²) in [6, 6.07) is 0. The van der Waals surface area contributed by atoms with Gasteiger partial charge < -0.3 is 15.8 Å². The molecule has 84 valence electrons. The highest BCUT2D eigenvalue weighted by Crippen LogP contribution is 2.06. The minimum absolute atomic E-state index is 0.0691. The number of nitrogens with one attached hydrogen (secondary N) is 1.